The van der Waals surface area contributed by atoms with Gasteiger partial charge in [-0.1, -0.05) is 23.7 Å². The third-order valence-electron chi connectivity index (χ3n) is 6.45. The smallest absolute Gasteiger partial charge is 0.266 e. The third kappa shape index (κ3) is 5.87. The van der Waals surface area contributed by atoms with E-state index in [9.17, 15) is 9.59 Å². The van der Waals surface area contributed by atoms with Gasteiger partial charge in [-0.25, -0.2) is 4.98 Å². The van der Waals surface area contributed by atoms with Gasteiger partial charge >= 0.3 is 0 Å². The van der Waals surface area contributed by atoms with E-state index < -0.39 is 6.04 Å². The highest BCUT2D eigenvalue weighted by Gasteiger charge is 2.28. The topological polar surface area (TPSA) is 86.8 Å². The number of aromatic nitrogens is 2. The van der Waals surface area contributed by atoms with Gasteiger partial charge in [0.05, 0.1) is 42.0 Å². The Kier molecular flexibility index (Phi) is 8.17. The molecule has 204 valence electrons. The summed E-state index contributed by atoms with van der Waals surface area (Å²) in [5, 5.41) is 1.05. The molecule has 1 amide bonds. The van der Waals surface area contributed by atoms with Gasteiger partial charge in [-0.2, -0.15) is 0 Å². The third-order valence-corrected chi connectivity index (χ3v) is 6.70. The van der Waals surface area contributed by atoms with Crippen LogP contribution in [0.1, 0.15) is 31.5 Å². The Morgan fingerprint density at radius 1 is 0.975 bits per heavy atom. The monoisotopic (exact) mass is 557 g/mol. The number of furan rings is 1. The Hall–Kier alpha value is -4.56. The van der Waals surface area contributed by atoms with Gasteiger partial charge in [-0.15, -0.1) is 0 Å². The molecule has 0 N–H and O–H groups in total. The van der Waals surface area contributed by atoms with Crippen molar-refractivity contribution in [3.05, 3.63) is 118 Å². The number of benzene rings is 3. The zero-order chi connectivity index (χ0) is 28.1. The van der Waals surface area contributed by atoms with Crippen LogP contribution in [0.15, 0.2) is 100 Å². The van der Waals surface area contributed by atoms with Crippen LogP contribution in [-0.2, 0) is 11.3 Å². The van der Waals surface area contributed by atoms with E-state index in [1.54, 1.807) is 94.6 Å². The highest BCUT2D eigenvalue weighted by atomic mass is 35.5. The van der Waals surface area contributed by atoms with Gasteiger partial charge in [0.25, 0.3) is 11.5 Å². The molecule has 0 fully saturated rings. The quantitative estimate of drug-likeness (QED) is 0.203. The fraction of sp³-hybridized carbons (Fsp3) is 0.194. The number of carbonyl (C=O) groups is 1. The van der Waals surface area contributed by atoms with E-state index in [1.165, 1.54) is 0 Å². The zero-order valence-corrected chi connectivity index (χ0v) is 22.9. The lowest BCUT2D eigenvalue weighted by atomic mass is 10.1. The lowest BCUT2D eigenvalue weighted by Gasteiger charge is -2.30. The van der Waals surface area contributed by atoms with Crippen molar-refractivity contribution in [3.63, 3.8) is 0 Å². The molecule has 0 aliphatic heterocycles. The van der Waals surface area contributed by atoms with Crippen LogP contribution in [0.4, 0.5) is 0 Å². The van der Waals surface area contributed by atoms with Crippen molar-refractivity contribution in [2.24, 2.45) is 0 Å². The molecule has 0 saturated carbocycles. The second kappa shape index (κ2) is 12.1. The maximum atomic E-state index is 13.8. The van der Waals surface area contributed by atoms with Gasteiger partial charge < -0.3 is 18.8 Å². The van der Waals surface area contributed by atoms with Crippen molar-refractivity contribution in [1.29, 1.82) is 0 Å². The number of nitrogens with zero attached hydrogens (tertiary/aromatic N) is 3. The van der Waals surface area contributed by atoms with Gasteiger partial charge in [0.2, 0.25) is 0 Å². The minimum Gasteiger partial charge on any atom is -0.494 e. The molecular weight excluding hydrogens is 530 g/mol. The molecular formula is C31H28ClN3O5. The van der Waals surface area contributed by atoms with E-state index in [0.29, 0.717) is 51.3 Å². The molecule has 5 rings (SSSR count). The van der Waals surface area contributed by atoms with Crippen LogP contribution >= 0.6 is 11.6 Å². The fourth-order valence-electron chi connectivity index (χ4n) is 4.45. The number of hydrogen-bond donors (Lipinski definition) is 0. The average molecular weight is 558 g/mol. The lowest BCUT2D eigenvalue weighted by molar-refractivity contribution is -0.136. The fourth-order valence-corrected chi connectivity index (χ4v) is 4.57. The van der Waals surface area contributed by atoms with Crippen LogP contribution in [0.5, 0.6) is 11.5 Å². The van der Waals surface area contributed by atoms with Crippen LogP contribution in [-0.4, -0.2) is 33.6 Å². The summed E-state index contributed by atoms with van der Waals surface area (Å²) < 4.78 is 18.5. The van der Waals surface area contributed by atoms with Gasteiger partial charge in [0.1, 0.15) is 23.1 Å². The minimum absolute atomic E-state index is 0.156. The Balaban J connectivity index is 1.56. The van der Waals surface area contributed by atoms with E-state index in [-0.39, 0.29) is 24.6 Å². The SMILES string of the molecule is CCOc1ccc(-n2c(C(C)N(Cc3ccco3)C(=O)COc3ccc(Cl)cc3)nc3ccccc3c2=O)cc1. The van der Waals surface area contributed by atoms with Crippen molar-refractivity contribution in [2.45, 2.75) is 26.4 Å². The van der Waals surface area contributed by atoms with E-state index in [4.69, 9.17) is 30.5 Å². The standard InChI is InChI=1S/C31H28ClN3O5/c1-3-38-24-16-12-23(13-17-24)35-30(33-28-9-5-4-8-27(28)31(35)37)21(2)34(19-26-7-6-18-39-26)29(36)20-40-25-14-10-22(32)11-15-25/h4-18,21H,3,19-20H2,1-2H3. The van der Waals surface area contributed by atoms with E-state index in [2.05, 4.69) is 0 Å². The van der Waals surface area contributed by atoms with Crippen molar-refractivity contribution >= 4 is 28.4 Å². The Morgan fingerprint density at radius 3 is 2.38 bits per heavy atom. The van der Waals surface area contributed by atoms with Gasteiger partial charge in [0.15, 0.2) is 6.61 Å². The minimum atomic E-state index is -0.629. The predicted octanol–water partition coefficient (Wildman–Crippen LogP) is 6.20. The van der Waals surface area contributed by atoms with Crippen molar-refractivity contribution < 1.29 is 18.7 Å². The number of ether oxygens (including phenoxy) is 2. The van der Waals surface area contributed by atoms with Crippen molar-refractivity contribution in [3.8, 4) is 17.2 Å². The molecule has 0 bridgehead atoms. The largest absolute Gasteiger partial charge is 0.494 e. The molecule has 9 heteroatoms. The van der Waals surface area contributed by atoms with Crippen molar-refractivity contribution in [1.82, 2.24) is 14.5 Å². The summed E-state index contributed by atoms with van der Waals surface area (Å²) in [6.07, 6.45) is 1.55. The van der Waals surface area contributed by atoms with Crippen molar-refractivity contribution in [2.75, 3.05) is 13.2 Å². The first-order valence-electron chi connectivity index (χ1n) is 12.9. The molecule has 3 aromatic carbocycles. The van der Waals surface area contributed by atoms with E-state index >= 15 is 0 Å². The molecule has 0 radical (unpaired) electrons. The summed E-state index contributed by atoms with van der Waals surface area (Å²) in [7, 11) is 0. The summed E-state index contributed by atoms with van der Waals surface area (Å²) in [5.74, 6) is 1.89. The Labute approximate surface area is 236 Å². The predicted molar refractivity (Wildman–Crippen MR) is 153 cm³/mol. The molecule has 0 saturated heterocycles. The first kappa shape index (κ1) is 27.0. The second-order valence-electron chi connectivity index (χ2n) is 9.07. The summed E-state index contributed by atoms with van der Waals surface area (Å²) in [6, 6.07) is 24.1. The molecule has 1 unspecified atom stereocenters. The first-order chi connectivity index (χ1) is 19.4. The molecule has 2 heterocycles. The number of fused-ring (bicyclic) bond motifs is 1. The highest BCUT2D eigenvalue weighted by Crippen LogP contribution is 2.26. The number of para-hydroxylation sites is 1. The summed E-state index contributed by atoms with van der Waals surface area (Å²) in [4.78, 5) is 34.0. The van der Waals surface area contributed by atoms with Gasteiger partial charge in [-0.05, 0) is 86.6 Å². The van der Waals surface area contributed by atoms with E-state index in [1.807, 2.05) is 19.9 Å². The van der Waals surface area contributed by atoms with Crippen LogP contribution < -0.4 is 15.0 Å². The molecule has 0 aliphatic carbocycles. The number of halogens is 1. The van der Waals surface area contributed by atoms with Crippen LogP contribution in [0.3, 0.4) is 0 Å². The zero-order valence-electron chi connectivity index (χ0n) is 22.1. The molecule has 40 heavy (non-hydrogen) atoms. The molecule has 0 spiro atoms. The number of hydrogen-bond acceptors (Lipinski definition) is 6. The Morgan fingerprint density at radius 2 is 1.68 bits per heavy atom. The molecule has 8 nitrogen and oxygen atoms in total. The lowest BCUT2D eigenvalue weighted by Crippen LogP contribution is -2.39. The molecule has 5 aromatic rings. The average Bonchev–Trinajstić information content (AvgIpc) is 3.49. The first-order valence-corrected chi connectivity index (χ1v) is 13.3. The summed E-state index contributed by atoms with van der Waals surface area (Å²) >= 11 is 5.97. The van der Waals surface area contributed by atoms with Gasteiger partial charge in [-0.3, -0.25) is 14.2 Å². The Bertz CT molecular complexity index is 1650. The normalized spacial score (nSPS) is 11.8. The van der Waals surface area contributed by atoms with E-state index in [0.717, 1.165) is 0 Å². The van der Waals surface area contributed by atoms with Gasteiger partial charge in [0, 0.05) is 5.02 Å². The van der Waals surface area contributed by atoms with Crippen LogP contribution in [0.25, 0.3) is 16.6 Å². The highest BCUT2D eigenvalue weighted by molar-refractivity contribution is 6.30. The second-order valence-corrected chi connectivity index (χ2v) is 9.51. The molecule has 1 atom stereocenters. The molecule has 2 aromatic heterocycles. The number of carbonyl (C=O) groups excluding carboxylic acids is 1. The maximum absolute atomic E-state index is 13.8. The number of rotatable bonds is 10. The summed E-state index contributed by atoms with van der Waals surface area (Å²) in [5.41, 5.74) is 0.912. The maximum Gasteiger partial charge on any atom is 0.266 e. The number of amides is 1. The molecule has 0 aliphatic rings. The van der Waals surface area contributed by atoms with Crippen LogP contribution in [0.2, 0.25) is 5.02 Å². The summed E-state index contributed by atoms with van der Waals surface area (Å²) in [6.45, 7) is 4.20. The van der Waals surface area contributed by atoms with Crippen LogP contribution in [0, 0.1) is 0 Å².